The lowest BCUT2D eigenvalue weighted by molar-refractivity contribution is 0.509. The van der Waals surface area contributed by atoms with Crippen molar-refractivity contribution in [3.05, 3.63) is 107 Å². The second kappa shape index (κ2) is 10.0. The van der Waals surface area contributed by atoms with Crippen LogP contribution in [0.2, 0.25) is 0 Å². The highest BCUT2D eigenvalue weighted by Crippen LogP contribution is 2.30. The van der Waals surface area contributed by atoms with Gasteiger partial charge >= 0.3 is 0 Å². The number of hydrogen-bond donors (Lipinski definition) is 0. The lowest BCUT2D eigenvalue weighted by Gasteiger charge is -2.10. The van der Waals surface area contributed by atoms with Gasteiger partial charge < -0.3 is 0 Å². The van der Waals surface area contributed by atoms with Gasteiger partial charge in [0.25, 0.3) is 0 Å². The maximum absolute atomic E-state index is 15.1. The fourth-order valence-corrected chi connectivity index (χ4v) is 4.12. The molecule has 4 aromatic rings. The van der Waals surface area contributed by atoms with Crippen LogP contribution in [-0.4, -0.2) is 0 Å². The van der Waals surface area contributed by atoms with Crippen LogP contribution < -0.4 is 0 Å². The molecule has 0 radical (unpaired) electrons. The summed E-state index contributed by atoms with van der Waals surface area (Å²) >= 11 is 0. The minimum Gasteiger partial charge on any atom is -0.206 e. The standard InChI is InChI=1S/C29H27F3/c1-2-3-4-5-20-6-8-21(9-7-20)10-11-22-12-15-25-23(18-22)13-16-26(29(25)32)24-14-17-27(30)28(31)19-24/h6-9,12-19H,2-5,10-11H2,1H3. The van der Waals surface area contributed by atoms with Crippen LogP contribution in [0.1, 0.15) is 42.9 Å². The third kappa shape index (κ3) is 5.04. The zero-order chi connectivity index (χ0) is 22.5. The Balaban J connectivity index is 1.47. The number of halogens is 3. The van der Waals surface area contributed by atoms with Crippen LogP contribution in [0, 0.1) is 17.5 Å². The Kier molecular flexibility index (Phi) is 6.94. The smallest absolute Gasteiger partial charge is 0.159 e. The molecule has 4 aromatic carbocycles. The first kappa shape index (κ1) is 22.1. The normalized spacial score (nSPS) is 11.2. The average Bonchev–Trinajstić information content (AvgIpc) is 2.81. The van der Waals surface area contributed by atoms with Gasteiger partial charge in [-0.1, -0.05) is 80.4 Å². The molecule has 3 heteroatoms. The maximum atomic E-state index is 15.1. The molecule has 32 heavy (non-hydrogen) atoms. The van der Waals surface area contributed by atoms with Crippen molar-refractivity contribution in [2.45, 2.75) is 45.4 Å². The predicted octanol–water partition coefficient (Wildman–Crippen LogP) is 8.44. The Morgan fingerprint density at radius 2 is 1.28 bits per heavy atom. The summed E-state index contributed by atoms with van der Waals surface area (Å²) in [6.07, 6.45) is 6.68. The van der Waals surface area contributed by atoms with Crippen LogP contribution in [0.15, 0.2) is 72.8 Å². The molecule has 0 spiro atoms. The van der Waals surface area contributed by atoms with E-state index in [1.807, 2.05) is 18.2 Å². The molecule has 0 saturated heterocycles. The molecule has 0 unspecified atom stereocenters. The van der Waals surface area contributed by atoms with Gasteiger partial charge in [0.15, 0.2) is 11.6 Å². The molecule has 0 amide bonds. The van der Waals surface area contributed by atoms with Crippen molar-refractivity contribution in [1.29, 1.82) is 0 Å². The van der Waals surface area contributed by atoms with E-state index in [1.54, 1.807) is 12.1 Å². The Labute approximate surface area is 187 Å². The molecule has 0 N–H and O–H groups in total. The second-order valence-electron chi connectivity index (χ2n) is 8.39. The first-order chi connectivity index (χ1) is 15.5. The highest BCUT2D eigenvalue weighted by Gasteiger charge is 2.12. The van der Waals surface area contributed by atoms with Gasteiger partial charge in [0.1, 0.15) is 5.82 Å². The van der Waals surface area contributed by atoms with Crippen LogP contribution in [0.25, 0.3) is 21.9 Å². The summed E-state index contributed by atoms with van der Waals surface area (Å²) < 4.78 is 41.9. The van der Waals surface area contributed by atoms with Gasteiger partial charge in [-0.3, -0.25) is 0 Å². The zero-order valence-electron chi connectivity index (χ0n) is 18.3. The second-order valence-corrected chi connectivity index (χ2v) is 8.39. The van der Waals surface area contributed by atoms with E-state index in [1.165, 1.54) is 36.5 Å². The van der Waals surface area contributed by atoms with E-state index < -0.39 is 17.5 Å². The van der Waals surface area contributed by atoms with Crippen LogP contribution >= 0.6 is 0 Å². The summed E-state index contributed by atoms with van der Waals surface area (Å²) in [5.41, 5.74) is 4.42. The van der Waals surface area contributed by atoms with E-state index in [2.05, 4.69) is 31.2 Å². The van der Waals surface area contributed by atoms with Crippen molar-refractivity contribution in [2.24, 2.45) is 0 Å². The van der Waals surface area contributed by atoms with Gasteiger partial charge in [-0.15, -0.1) is 0 Å². The quantitative estimate of drug-likeness (QED) is 0.245. The monoisotopic (exact) mass is 432 g/mol. The van der Waals surface area contributed by atoms with Crippen molar-refractivity contribution in [3.63, 3.8) is 0 Å². The number of rotatable bonds is 8. The van der Waals surface area contributed by atoms with Crippen LogP contribution in [0.4, 0.5) is 13.2 Å². The molecular formula is C29H27F3. The van der Waals surface area contributed by atoms with E-state index in [0.717, 1.165) is 42.3 Å². The maximum Gasteiger partial charge on any atom is 0.159 e. The van der Waals surface area contributed by atoms with Gasteiger partial charge in [-0.2, -0.15) is 0 Å². The van der Waals surface area contributed by atoms with Crippen molar-refractivity contribution < 1.29 is 13.2 Å². The molecule has 0 nitrogen and oxygen atoms in total. The first-order valence-electron chi connectivity index (χ1n) is 11.3. The summed E-state index contributed by atoms with van der Waals surface area (Å²) in [5, 5.41) is 1.28. The van der Waals surface area contributed by atoms with Gasteiger partial charge in [-0.25, -0.2) is 13.2 Å². The summed E-state index contributed by atoms with van der Waals surface area (Å²) in [5.74, 6) is -2.34. The molecule has 0 saturated carbocycles. The van der Waals surface area contributed by atoms with E-state index in [0.29, 0.717) is 10.9 Å². The Morgan fingerprint density at radius 1 is 0.594 bits per heavy atom. The third-order valence-corrected chi connectivity index (χ3v) is 6.04. The number of hydrogen-bond acceptors (Lipinski definition) is 0. The third-order valence-electron chi connectivity index (χ3n) is 6.04. The topological polar surface area (TPSA) is 0 Å². The summed E-state index contributed by atoms with van der Waals surface area (Å²) in [7, 11) is 0. The number of unbranched alkanes of at least 4 members (excludes halogenated alkanes) is 2. The van der Waals surface area contributed by atoms with Crippen LogP contribution in [0.5, 0.6) is 0 Å². The lowest BCUT2D eigenvalue weighted by atomic mass is 9.96. The van der Waals surface area contributed by atoms with E-state index in [9.17, 15) is 8.78 Å². The van der Waals surface area contributed by atoms with E-state index in [-0.39, 0.29) is 5.56 Å². The molecule has 0 bridgehead atoms. The molecule has 0 aromatic heterocycles. The van der Waals surface area contributed by atoms with Gasteiger partial charge in [0.05, 0.1) is 0 Å². The van der Waals surface area contributed by atoms with Gasteiger partial charge in [0.2, 0.25) is 0 Å². The SMILES string of the molecule is CCCCCc1ccc(CCc2ccc3c(F)c(-c4ccc(F)c(F)c4)ccc3c2)cc1. The fourth-order valence-electron chi connectivity index (χ4n) is 4.12. The summed E-state index contributed by atoms with van der Waals surface area (Å²) in [6, 6.07) is 21.5. The molecule has 4 rings (SSSR count). The number of benzene rings is 4. The average molecular weight is 433 g/mol. The molecule has 0 atom stereocenters. The summed E-state index contributed by atoms with van der Waals surface area (Å²) in [6.45, 7) is 2.22. The molecule has 0 fully saturated rings. The van der Waals surface area contributed by atoms with Crippen molar-refractivity contribution >= 4 is 10.8 Å². The van der Waals surface area contributed by atoms with E-state index >= 15 is 4.39 Å². The molecule has 0 aliphatic heterocycles. The highest BCUT2D eigenvalue weighted by molar-refractivity contribution is 5.88. The zero-order valence-corrected chi connectivity index (χ0v) is 18.3. The highest BCUT2D eigenvalue weighted by atomic mass is 19.2. The number of fused-ring (bicyclic) bond motifs is 1. The van der Waals surface area contributed by atoms with Gasteiger partial charge in [-0.05, 0) is 65.5 Å². The van der Waals surface area contributed by atoms with Gasteiger partial charge in [0, 0.05) is 10.9 Å². The minimum atomic E-state index is -0.980. The summed E-state index contributed by atoms with van der Waals surface area (Å²) in [4.78, 5) is 0. The molecule has 164 valence electrons. The Morgan fingerprint density at radius 3 is 2.00 bits per heavy atom. The van der Waals surface area contributed by atoms with E-state index in [4.69, 9.17) is 0 Å². The molecular weight excluding hydrogens is 405 g/mol. The van der Waals surface area contributed by atoms with Crippen LogP contribution in [-0.2, 0) is 19.3 Å². The predicted molar refractivity (Wildman–Crippen MR) is 126 cm³/mol. The fraction of sp³-hybridized carbons (Fsp3) is 0.241. The largest absolute Gasteiger partial charge is 0.206 e. The van der Waals surface area contributed by atoms with Crippen molar-refractivity contribution in [1.82, 2.24) is 0 Å². The Hall–Kier alpha value is -3.07. The number of aryl methyl sites for hydroxylation is 3. The Bertz CT molecular complexity index is 1210. The lowest BCUT2D eigenvalue weighted by Crippen LogP contribution is -1.94. The minimum absolute atomic E-state index is 0.267. The van der Waals surface area contributed by atoms with Crippen molar-refractivity contribution in [3.8, 4) is 11.1 Å². The molecule has 0 heterocycles. The molecule has 0 aliphatic rings. The van der Waals surface area contributed by atoms with Crippen molar-refractivity contribution in [2.75, 3.05) is 0 Å². The molecule has 0 aliphatic carbocycles. The van der Waals surface area contributed by atoms with Crippen LogP contribution in [0.3, 0.4) is 0 Å². The first-order valence-corrected chi connectivity index (χ1v) is 11.3.